The Labute approximate surface area is 141 Å². The van der Waals surface area contributed by atoms with E-state index < -0.39 is 0 Å². The number of rotatable bonds is 3. The van der Waals surface area contributed by atoms with Gasteiger partial charge in [-0.25, -0.2) is 0 Å². The predicted molar refractivity (Wildman–Crippen MR) is 89.5 cm³/mol. The van der Waals surface area contributed by atoms with E-state index in [0.717, 1.165) is 5.56 Å². The highest BCUT2D eigenvalue weighted by molar-refractivity contribution is 7.15. The molecule has 0 spiro atoms. The Morgan fingerprint density at radius 1 is 0.857 bits per heavy atom. The van der Waals surface area contributed by atoms with Crippen LogP contribution >= 0.6 is 46.1 Å². The first-order valence-electron chi connectivity index (χ1n) is 6.13. The molecule has 106 valence electrons. The molecule has 3 aromatic rings. The van der Waals surface area contributed by atoms with Crippen LogP contribution in [0.4, 0.5) is 0 Å². The molecule has 3 rings (SSSR count). The molecule has 0 saturated heterocycles. The van der Waals surface area contributed by atoms with Gasteiger partial charge in [0.2, 0.25) is 0 Å². The van der Waals surface area contributed by atoms with Gasteiger partial charge < -0.3 is 0 Å². The standard InChI is InChI=1S/C15H9Cl3N2S/c16-10-7-4-8-11(17)12(10)14-19-20-15(21-14)13(18)9-5-2-1-3-6-9/h1-8,13H. The maximum atomic E-state index is 6.45. The van der Waals surface area contributed by atoms with Crippen LogP contribution in [-0.4, -0.2) is 10.2 Å². The van der Waals surface area contributed by atoms with E-state index in [4.69, 9.17) is 34.8 Å². The molecular weight excluding hydrogens is 347 g/mol. The van der Waals surface area contributed by atoms with Crippen LogP contribution in [0.15, 0.2) is 48.5 Å². The van der Waals surface area contributed by atoms with E-state index in [1.165, 1.54) is 11.3 Å². The van der Waals surface area contributed by atoms with Gasteiger partial charge in [-0.15, -0.1) is 21.8 Å². The number of nitrogens with zero attached hydrogens (tertiary/aromatic N) is 2. The van der Waals surface area contributed by atoms with Crippen LogP contribution in [0.5, 0.6) is 0 Å². The molecule has 0 aliphatic heterocycles. The zero-order valence-corrected chi connectivity index (χ0v) is 13.7. The van der Waals surface area contributed by atoms with Crippen molar-refractivity contribution in [2.45, 2.75) is 5.38 Å². The van der Waals surface area contributed by atoms with E-state index in [2.05, 4.69) is 10.2 Å². The van der Waals surface area contributed by atoms with Crippen LogP contribution < -0.4 is 0 Å². The van der Waals surface area contributed by atoms with E-state index in [0.29, 0.717) is 25.6 Å². The summed E-state index contributed by atoms with van der Waals surface area (Å²) in [5.41, 5.74) is 1.67. The van der Waals surface area contributed by atoms with Crippen molar-refractivity contribution in [1.29, 1.82) is 0 Å². The minimum Gasteiger partial charge on any atom is -0.141 e. The van der Waals surface area contributed by atoms with Gasteiger partial charge in [0.25, 0.3) is 0 Å². The van der Waals surface area contributed by atoms with Crippen LogP contribution in [0, 0.1) is 0 Å². The first-order valence-corrected chi connectivity index (χ1v) is 8.14. The molecule has 2 nitrogen and oxygen atoms in total. The van der Waals surface area contributed by atoms with Gasteiger partial charge in [-0.2, -0.15) is 0 Å². The maximum absolute atomic E-state index is 6.45. The third-order valence-corrected chi connectivity index (χ3v) is 5.15. The Bertz CT molecular complexity index is 738. The summed E-state index contributed by atoms with van der Waals surface area (Å²) in [5, 5.41) is 10.5. The molecule has 0 radical (unpaired) electrons. The zero-order chi connectivity index (χ0) is 14.8. The molecule has 2 aromatic carbocycles. The number of aromatic nitrogens is 2. The number of benzene rings is 2. The van der Waals surface area contributed by atoms with Crippen LogP contribution in [0.1, 0.15) is 15.9 Å². The fourth-order valence-electron chi connectivity index (χ4n) is 1.90. The molecule has 1 unspecified atom stereocenters. The summed E-state index contributed by atoms with van der Waals surface area (Å²) in [6, 6.07) is 15.1. The molecule has 1 atom stereocenters. The molecular formula is C15H9Cl3N2S. The fraction of sp³-hybridized carbons (Fsp3) is 0.0667. The van der Waals surface area contributed by atoms with Crippen molar-refractivity contribution >= 4 is 46.1 Å². The Morgan fingerprint density at radius 2 is 1.52 bits per heavy atom. The first-order chi connectivity index (χ1) is 10.2. The van der Waals surface area contributed by atoms with Gasteiger partial charge in [-0.1, -0.05) is 70.9 Å². The van der Waals surface area contributed by atoms with Crippen molar-refractivity contribution in [3.05, 3.63) is 69.1 Å². The molecule has 0 N–H and O–H groups in total. The lowest BCUT2D eigenvalue weighted by Gasteiger charge is -2.05. The maximum Gasteiger partial charge on any atom is 0.150 e. The molecule has 0 amide bonds. The van der Waals surface area contributed by atoms with Gasteiger partial charge in [0.1, 0.15) is 10.4 Å². The Morgan fingerprint density at radius 3 is 2.19 bits per heavy atom. The van der Waals surface area contributed by atoms with E-state index in [-0.39, 0.29) is 5.38 Å². The molecule has 0 bridgehead atoms. The van der Waals surface area contributed by atoms with Gasteiger partial charge in [-0.3, -0.25) is 0 Å². The highest BCUT2D eigenvalue weighted by atomic mass is 35.5. The molecule has 6 heteroatoms. The Kier molecular flexibility index (Phi) is 4.45. The SMILES string of the molecule is Clc1cccc(Cl)c1-c1nnc(C(Cl)c2ccccc2)s1. The quantitative estimate of drug-likeness (QED) is 0.551. The number of hydrogen-bond donors (Lipinski definition) is 0. The van der Waals surface area contributed by atoms with E-state index in [9.17, 15) is 0 Å². The third-order valence-electron chi connectivity index (χ3n) is 2.93. The van der Waals surface area contributed by atoms with Gasteiger partial charge in [0.15, 0.2) is 5.01 Å². The Hall–Kier alpha value is -1.13. The summed E-state index contributed by atoms with van der Waals surface area (Å²) in [6.07, 6.45) is 0. The van der Waals surface area contributed by atoms with Crippen molar-refractivity contribution in [1.82, 2.24) is 10.2 Å². The molecule has 0 saturated carbocycles. The van der Waals surface area contributed by atoms with E-state index >= 15 is 0 Å². The lowest BCUT2D eigenvalue weighted by atomic mass is 10.1. The lowest BCUT2D eigenvalue weighted by molar-refractivity contribution is 0.988. The molecule has 0 aliphatic rings. The summed E-state index contributed by atoms with van der Waals surface area (Å²) >= 11 is 20.2. The highest BCUT2D eigenvalue weighted by Crippen LogP contribution is 2.39. The summed E-state index contributed by atoms with van der Waals surface area (Å²) < 4.78 is 0. The average Bonchev–Trinajstić information content (AvgIpc) is 2.97. The molecule has 21 heavy (non-hydrogen) atoms. The van der Waals surface area contributed by atoms with Gasteiger partial charge in [-0.05, 0) is 17.7 Å². The summed E-state index contributed by atoms with van der Waals surface area (Å²) in [6.45, 7) is 0. The predicted octanol–water partition coefficient (Wildman–Crippen LogP) is 5.84. The second-order valence-corrected chi connectivity index (χ2v) is 6.58. The monoisotopic (exact) mass is 354 g/mol. The van der Waals surface area contributed by atoms with E-state index in [1.54, 1.807) is 18.2 Å². The molecule has 1 aromatic heterocycles. The number of hydrogen-bond acceptors (Lipinski definition) is 3. The fourth-order valence-corrected chi connectivity index (χ4v) is 3.84. The Balaban J connectivity index is 1.97. The topological polar surface area (TPSA) is 25.8 Å². The second kappa shape index (κ2) is 6.32. The van der Waals surface area contributed by atoms with Crippen molar-refractivity contribution < 1.29 is 0 Å². The van der Waals surface area contributed by atoms with Gasteiger partial charge in [0, 0.05) is 5.56 Å². The van der Waals surface area contributed by atoms with Crippen molar-refractivity contribution in [2.24, 2.45) is 0 Å². The van der Waals surface area contributed by atoms with Crippen LogP contribution in [0.2, 0.25) is 10.0 Å². The lowest BCUT2D eigenvalue weighted by Crippen LogP contribution is -1.91. The summed E-state index contributed by atoms with van der Waals surface area (Å²) in [4.78, 5) is 0. The molecule has 1 heterocycles. The highest BCUT2D eigenvalue weighted by Gasteiger charge is 2.19. The van der Waals surface area contributed by atoms with E-state index in [1.807, 2.05) is 30.3 Å². The average molecular weight is 356 g/mol. The third kappa shape index (κ3) is 3.06. The minimum absolute atomic E-state index is 0.335. The van der Waals surface area contributed by atoms with Gasteiger partial charge >= 0.3 is 0 Å². The summed E-state index contributed by atoms with van der Waals surface area (Å²) in [5.74, 6) is 0. The van der Waals surface area contributed by atoms with Crippen LogP contribution in [0.25, 0.3) is 10.6 Å². The number of alkyl halides is 1. The van der Waals surface area contributed by atoms with Crippen LogP contribution in [0.3, 0.4) is 0 Å². The zero-order valence-electron chi connectivity index (χ0n) is 10.6. The number of halogens is 3. The smallest absolute Gasteiger partial charge is 0.141 e. The summed E-state index contributed by atoms with van der Waals surface area (Å²) in [7, 11) is 0. The first kappa shape index (κ1) is 14.8. The minimum atomic E-state index is -0.335. The molecule has 0 fully saturated rings. The van der Waals surface area contributed by atoms with Crippen molar-refractivity contribution in [3.63, 3.8) is 0 Å². The van der Waals surface area contributed by atoms with Gasteiger partial charge in [0.05, 0.1) is 10.0 Å². The van der Waals surface area contributed by atoms with Crippen molar-refractivity contribution in [2.75, 3.05) is 0 Å². The largest absolute Gasteiger partial charge is 0.150 e. The normalized spacial score (nSPS) is 12.3. The molecule has 0 aliphatic carbocycles. The van der Waals surface area contributed by atoms with Crippen molar-refractivity contribution in [3.8, 4) is 10.6 Å². The van der Waals surface area contributed by atoms with Crippen LogP contribution in [-0.2, 0) is 0 Å². The second-order valence-electron chi connectivity index (χ2n) is 4.32.